The molecule has 0 aliphatic heterocycles. The first-order chi connectivity index (χ1) is 8.06. The fourth-order valence-corrected chi connectivity index (χ4v) is 1.23. The molecule has 17 heavy (non-hydrogen) atoms. The molecular weight excluding hydrogens is 216 g/mol. The second-order valence-corrected chi connectivity index (χ2v) is 3.68. The molecule has 88 valence electrons. The van der Waals surface area contributed by atoms with Crippen molar-refractivity contribution in [3.63, 3.8) is 0 Å². The summed E-state index contributed by atoms with van der Waals surface area (Å²) in [6.07, 6.45) is 1.14. The van der Waals surface area contributed by atoms with Crippen LogP contribution < -0.4 is 10.1 Å². The molecule has 0 bridgehead atoms. The van der Waals surface area contributed by atoms with Crippen molar-refractivity contribution in [2.24, 2.45) is 0 Å². The van der Waals surface area contributed by atoms with Gasteiger partial charge in [-0.1, -0.05) is 6.58 Å². The summed E-state index contributed by atoms with van der Waals surface area (Å²) in [5, 5.41) is 11.4. The number of hydrogen-bond acceptors (Lipinski definition) is 3. The lowest BCUT2D eigenvalue weighted by molar-refractivity contribution is -0.111. The zero-order chi connectivity index (χ0) is 12.8. The lowest BCUT2D eigenvalue weighted by Crippen LogP contribution is -2.12. The standard InChI is InChI=1S/C13H14N2O2/c1-4-13(16)15-11-6-5-10(8-14)7-12(11)17-9(2)3/h4-7,9H,1H2,2-3H3,(H,15,16). The van der Waals surface area contributed by atoms with Gasteiger partial charge in [0.2, 0.25) is 5.91 Å². The Hall–Kier alpha value is -2.28. The van der Waals surface area contributed by atoms with Gasteiger partial charge < -0.3 is 10.1 Å². The second kappa shape index (κ2) is 5.71. The van der Waals surface area contributed by atoms with Gasteiger partial charge in [0.1, 0.15) is 5.75 Å². The monoisotopic (exact) mass is 230 g/mol. The molecule has 0 heterocycles. The molecule has 0 saturated carbocycles. The topological polar surface area (TPSA) is 62.1 Å². The minimum Gasteiger partial charge on any atom is -0.489 e. The van der Waals surface area contributed by atoms with Crippen LogP contribution in [0.1, 0.15) is 19.4 Å². The van der Waals surface area contributed by atoms with Crippen LogP contribution in [0.5, 0.6) is 5.75 Å². The molecule has 0 radical (unpaired) electrons. The molecule has 0 saturated heterocycles. The highest BCUT2D eigenvalue weighted by atomic mass is 16.5. The SMILES string of the molecule is C=CC(=O)Nc1ccc(C#N)cc1OC(C)C. The molecule has 1 N–H and O–H groups in total. The number of nitrogens with zero attached hydrogens (tertiary/aromatic N) is 1. The number of benzene rings is 1. The summed E-state index contributed by atoms with van der Waals surface area (Å²) in [5.74, 6) is 0.164. The van der Waals surface area contributed by atoms with E-state index in [9.17, 15) is 4.79 Å². The maximum absolute atomic E-state index is 11.2. The van der Waals surface area contributed by atoms with Crippen LogP contribution in [-0.4, -0.2) is 12.0 Å². The van der Waals surface area contributed by atoms with Gasteiger partial charge in [0.05, 0.1) is 23.4 Å². The normalized spacial score (nSPS) is 9.53. The number of amides is 1. The molecule has 4 heteroatoms. The highest BCUT2D eigenvalue weighted by Crippen LogP contribution is 2.26. The molecule has 0 spiro atoms. The molecule has 0 atom stereocenters. The first kappa shape index (κ1) is 12.8. The summed E-state index contributed by atoms with van der Waals surface area (Å²) in [6.45, 7) is 7.12. The first-order valence-electron chi connectivity index (χ1n) is 5.21. The van der Waals surface area contributed by atoms with Gasteiger partial charge in [-0.3, -0.25) is 4.79 Å². The van der Waals surface area contributed by atoms with E-state index in [1.807, 2.05) is 19.9 Å². The Bertz CT molecular complexity index is 473. The molecule has 1 amide bonds. The van der Waals surface area contributed by atoms with Gasteiger partial charge in [0, 0.05) is 6.07 Å². The first-order valence-corrected chi connectivity index (χ1v) is 5.21. The maximum atomic E-state index is 11.2. The van der Waals surface area contributed by atoms with E-state index in [1.54, 1.807) is 18.2 Å². The summed E-state index contributed by atoms with van der Waals surface area (Å²) in [7, 11) is 0. The van der Waals surface area contributed by atoms with Crippen LogP contribution >= 0.6 is 0 Å². The van der Waals surface area contributed by atoms with Crippen molar-refractivity contribution >= 4 is 11.6 Å². The van der Waals surface area contributed by atoms with Gasteiger partial charge in [-0.15, -0.1) is 0 Å². The predicted molar refractivity (Wildman–Crippen MR) is 65.7 cm³/mol. The van der Waals surface area contributed by atoms with Crippen LogP contribution in [0.2, 0.25) is 0 Å². The molecule has 4 nitrogen and oxygen atoms in total. The van der Waals surface area contributed by atoms with Gasteiger partial charge in [-0.2, -0.15) is 5.26 Å². The van der Waals surface area contributed by atoms with E-state index < -0.39 is 0 Å². The Morgan fingerprint density at radius 2 is 2.29 bits per heavy atom. The highest BCUT2D eigenvalue weighted by Gasteiger charge is 2.08. The molecule has 1 rings (SSSR count). The lowest BCUT2D eigenvalue weighted by Gasteiger charge is -2.14. The third kappa shape index (κ3) is 3.65. The zero-order valence-corrected chi connectivity index (χ0v) is 9.86. The molecular formula is C13H14N2O2. The van der Waals surface area contributed by atoms with E-state index in [1.165, 1.54) is 6.08 Å². The smallest absolute Gasteiger partial charge is 0.247 e. The average Bonchev–Trinajstić information content (AvgIpc) is 2.30. The minimum atomic E-state index is -0.316. The Morgan fingerprint density at radius 1 is 1.59 bits per heavy atom. The van der Waals surface area contributed by atoms with Crippen molar-refractivity contribution in [1.82, 2.24) is 0 Å². The van der Waals surface area contributed by atoms with Crippen molar-refractivity contribution in [1.29, 1.82) is 5.26 Å². The largest absolute Gasteiger partial charge is 0.489 e. The van der Waals surface area contributed by atoms with Gasteiger partial charge in [-0.25, -0.2) is 0 Å². The quantitative estimate of drug-likeness (QED) is 0.808. The summed E-state index contributed by atoms with van der Waals surface area (Å²) >= 11 is 0. The molecule has 1 aromatic carbocycles. The number of hydrogen-bond donors (Lipinski definition) is 1. The van der Waals surface area contributed by atoms with E-state index in [2.05, 4.69) is 11.9 Å². The van der Waals surface area contributed by atoms with E-state index in [0.29, 0.717) is 17.0 Å². The fraction of sp³-hybridized carbons (Fsp3) is 0.231. The van der Waals surface area contributed by atoms with Crippen molar-refractivity contribution in [3.8, 4) is 11.8 Å². The number of nitrogens with one attached hydrogen (secondary N) is 1. The van der Waals surface area contributed by atoms with E-state index in [4.69, 9.17) is 10.00 Å². The third-order valence-corrected chi connectivity index (χ3v) is 1.92. The van der Waals surface area contributed by atoms with Crippen molar-refractivity contribution in [3.05, 3.63) is 36.4 Å². The number of anilines is 1. The van der Waals surface area contributed by atoms with Crippen LogP contribution in [0.25, 0.3) is 0 Å². The molecule has 1 aromatic rings. The highest BCUT2D eigenvalue weighted by molar-refractivity contribution is 5.99. The Morgan fingerprint density at radius 3 is 2.82 bits per heavy atom. The summed E-state index contributed by atoms with van der Waals surface area (Å²) in [5.41, 5.74) is 1.01. The second-order valence-electron chi connectivity index (χ2n) is 3.68. The van der Waals surface area contributed by atoms with Gasteiger partial charge in [-0.05, 0) is 32.1 Å². The Kier molecular flexibility index (Phi) is 4.29. The molecule has 0 unspecified atom stereocenters. The summed E-state index contributed by atoms with van der Waals surface area (Å²) in [6, 6.07) is 6.87. The van der Waals surface area contributed by atoms with Gasteiger partial charge >= 0.3 is 0 Å². The molecule has 0 aromatic heterocycles. The molecule has 0 aliphatic rings. The minimum absolute atomic E-state index is 0.0386. The predicted octanol–water partition coefficient (Wildman–Crippen LogP) is 2.47. The lowest BCUT2D eigenvalue weighted by atomic mass is 10.2. The van der Waals surface area contributed by atoms with Crippen molar-refractivity contribution in [2.45, 2.75) is 20.0 Å². The van der Waals surface area contributed by atoms with Crippen LogP contribution in [-0.2, 0) is 4.79 Å². The molecule has 0 fully saturated rings. The average molecular weight is 230 g/mol. The van der Waals surface area contributed by atoms with E-state index >= 15 is 0 Å². The zero-order valence-electron chi connectivity index (χ0n) is 9.86. The number of carbonyl (C=O) groups is 1. The summed E-state index contributed by atoms with van der Waals surface area (Å²) < 4.78 is 5.53. The van der Waals surface area contributed by atoms with Crippen molar-refractivity contribution < 1.29 is 9.53 Å². The van der Waals surface area contributed by atoms with E-state index in [-0.39, 0.29) is 12.0 Å². The van der Waals surface area contributed by atoms with Crippen LogP contribution in [0.4, 0.5) is 5.69 Å². The van der Waals surface area contributed by atoms with Crippen molar-refractivity contribution in [2.75, 3.05) is 5.32 Å². The summed E-state index contributed by atoms with van der Waals surface area (Å²) in [4.78, 5) is 11.2. The van der Waals surface area contributed by atoms with Crippen LogP contribution in [0.15, 0.2) is 30.9 Å². The fourth-order valence-electron chi connectivity index (χ4n) is 1.23. The number of carbonyl (C=O) groups excluding carboxylic acids is 1. The van der Waals surface area contributed by atoms with Crippen LogP contribution in [0.3, 0.4) is 0 Å². The third-order valence-electron chi connectivity index (χ3n) is 1.92. The van der Waals surface area contributed by atoms with E-state index in [0.717, 1.165) is 0 Å². The van der Waals surface area contributed by atoms with Gasteiger partial charge in [0.25, 0.3) is 0 Å². The Balaban J connectivity index is 3.06. The van der Waals surface area contributed by atoms with Gasteiger partial charge in [0.15, 0.2) is 0 Å². The number of nitriles is 1. The number of ether oxygens (including phenoxy) is 1. The molecule has 0 aliphatic carbocycles. The maximum Gasteiger partial charge on any atom is 0.247 e. The van der Waals surface area contributed by atoms with Crippen LogP contribution in [0, 0.1) is 11.3 Å². The number of rotatable bonds is 4. The Labute approximate surface area is 101 Å².